The number of carboxylic acids is 1. The molecule has 7 nitrogen and oxygen atoms in total. The number of hydrogen-bond acceptors (Lipinski definition) is 6. The van der Waals surface area contributed by atoms with Crippen molar-refractivity contribution in [2.45, 2.75) is 35.6 Å². The van der Waals surface area contributed by atoms with E-state index in [1.165, 1.54) is 18.3 Å². The quantitative estimate of drug-likeness (QED) is 0.640. The number of aromatic nitrogens is 1. The summed E-state index contributed by atoms with van der Waals surface area (Å²) in [5.74, 6) is -2.87. The molecule has 2 saturated carbocycles. The smallest absolute Gasteiger partial charge is 0.326 e. The Morgan fingerprint density at radius 1 is 1.16 bits per heavy atom. The molecule has 6 rings (SSSR count). The van der Waals surface area contributed by atoms with Crippen molar-refractivity contribution >= 4 is 52.5 Å². The highest BCUT2D eigenvalue weighted by atomic mass is 35.5. The number of carbonyl (C=O) groups is 3. The molecular formula is C22H19ClN2O5S2. The Labute approximate surface area is 196 Å². The summed E-state index contributed by atoms with van der Waals surface area (Å²) in [7, 11) is 0. The molecule has 1 aromatic heterocycles. The van der Waals surface area contributed by atoms with Gasteiger partial charge in [0.05, 0.1) is 16.9 Å². The predicted octanol–water partition coefficient (Wildman–Crippen LogP) is 3.04. The van der Waals surface area contributed by atoms with E-state index in [-0.39, 0.29) is 45.6 Å². The van der Waals surface area contributed by atoms with Gasteiger partial charge < -0.3 is 10.1 Å². The molecule has 3 fully saturated rings. The minimum atomic E-state index is -1.18. The van der Waals surface area contributed by atoms with Crippen LogP contribution in [-0.4, -0.2) is 44.1 Å². The minimum absolute atomic E-state index is 0.0196. The first-order chi connectivity index (χ1) is 15.3. The second kappa shape index (κ2) is 6.95. The van der Waals surface area contributed by atoms with E-state index in [1.54, 1.807) is 11.8 Å². The van der Waals surface area contributed by atoms with Gasteiger partial charge in [0.1, 0.15) is 6.04 Å². The lowest BCUT2D eigenvalue weighted by molar-refractivity contribution is -0.154. The number of aliphatic carboxylic acids is 1. The van der Waals surface area contributed by atoms with Gasteiger partial charge in [0.25, 0.3) is 0 Å². The summed E-state index contributed by atoms with van der Waals surface area (Å²) in [4.78, 5) is 55.1. The van der Waals surface area contributed by atoms with Gasteiger partial charge in [-0.1, -0.05) is 35.1 Å². The first-order valence-electron chi connectivity index (χ1n) is 10.5. The molecule has 10 heteroatoms. The van der Waals surface area contributed by atoms with Gasteiger partial charge in [0, 0.05) is 21.1 Å². The summed E-state index contributed by atoms with van der Waals surface area (Å²) in [5, 5.41) is 11.0. The molecule has 2 aliphatic carbocycles. The monoisotopic (exact) mass is 490 g/mol. The van der Waals surface area contributed by atoms with Gasteiger partial charge in [0.15, 0.2) is 0 Å². The van der Waals surface area contributed by atoms with Crippen LogP contribution >= 0.6 is 34.7 Å². The summed E-state index contributed by atoms with van der Waals surface area (Å²) >= 11 is 8.93. The Morgan fingerprint density at radius 3 is 2.47 bits per heavy atom. The standard InChI is InChI=1S/C22H19ClN2O5S2/c1-7(21(28)29)25-19(26)14-10-6-11(15(14)20(25)27)16-13(10)12(8-2-4-9(23)5-3-8)17-18(31-16)24-22(30)32-17/h2-5,7,10-16H,6H2,1H3,(H,24,30)(H,28,29)/t7?,10?,11?,12-,13?,14?,15?,16?/m1/s1. The van der Waals surface area contributed by atoms with Crippen LogP contribution in [0.4, 0.5) is 0 Å². The van der Waals surface area contributed by atoms with Crippen molar-refractivity contribution in [1.29, 1.82) is 0 Å². The third-order valence-electron chi connectivity index (χ3n) is 7.73. The molecule has 166 valence electrons. The zero-order valence-corrected chi connectivity index (χ0v) is 19.2. The Balaban J connectivity index is 1.45. The highest BCUT2D eigenvalue weighted by Crippen LogP contribution is 2.68. The van der Waals surface area contributed by atoms with Crippen LogP contribution in [0, 0.1) is 29.6 Å². The Morgan fingerprint density at radius 2 is 1.81 bits per heavy atom. The number of carboxylic acid groups (broad SMARTS) is 1. The molecule has 3 heterocycles. The zero-order valence-electron chi connectivity index (χ0n) is 16.9. The van der Waals surface area contributed by atoms with Crippen LogP contribution in [0.1, 0.15) is 29.7 Å². The molecule has 2 aromatic rings. The molecule has 4 aliphatic rings. The van der Waals surface area contributed by atoms with Crippen LogP contribution in [0.2, 0.25) is 5.02 Å². The van der Waals surface area contributed by atoms with Gasteiger partial charge in [-0.15, -0.1) is 11.8 Å². The number of hydrogen-bond donors (Lipinski definition) is 2. The summed E-state index contributed by atoms with van der Waals surface area (Å²) < 4.78 is 0. The highest BCUT2D eigenvalue weighted by molar-refractivity contribution is 8.00. The van der Waals surface area contributed by atoms with E-state index < -0.39 is 23.8 Å². The molecule has 2 bridgehead atoms. The third kappa shape index (κ3) is 2.61. The van der Waals surface area contributed by atoms with Crippen LogP contribution in [0.5, 0.6) is 0 Å². The average molecular weight is 491 g/mol. The molecule has 2 amide bonds. The van der Waals surface area contributed by atoms with Gasteiger partial charge >= 0.3 is 10.8 Å². The SMILES string of the molecule is CC(C(=O)O)N1C(=O)C2C3CC(C2C1=O)C1C3Sc2[nH]c(=O)sc2[C@@H]1c1ccc(Cl)cc1. The third-order valence-corrected chi connectivity index (χ3v) is 10.6. The van der Waals surface area contributed by atoms with Gasteiger partial charge in [-0.25, -0.2) is 4.79 Å². The van der Waals surface area contributed by atoms with Gasteiger partial charge in [-0.2, -0.15) is 0 Å². The minimum Gasteiger partial charge on any atom is -0.480 e. The second-order valence-corrected chi connectivity index (χ2v) is 11.7. The maximum absolute atomic E-state index is 13.3. The largest absolute Gasteiger partial charge is 0.480 e. The highest BCUT2D eigenvalue weighted by Gasteiger charge is 2.70. The number of amides is 2. The van der Waals surface area contributed by atoms with E-state index >= 15 is 0 Å². The number of thiazole rings is 1. The zero-order chi connectivity index (χ0) is 22.5. The molecule has 1 saturated heterocycles. The van der Waals surface area contributed by atoms with Crippen molar-refractivity contribution in [3.8, 4) is 0 Å². The molecule has 2 aliphatic heterocycles. The average Bonchev–Trinajstić information content (AvgIpc) is 3.47. The van der Waals surface area contributed by atoms with Crippen LogP contribution in [-0.2, 0) is 14.4 Å². The lowest BCUT2D eigenvalue weighted by Gasteiger charge is -2.43. The van der Waals surface area contributed by atoms with E-state index in [0.29, 0.717) is 5.02 Å². The number of fused-ring (bicyclic) bond motifs is 9. The van der Waals surface area contributed by atoms with Crippen LogP contribution in [0.25, 0.3) is 0 Å². The lowest BCUT2D eigenvalue weighted by atomic mass is 9.68. The topological polar surface area (TPSA) is 108 Å². The number of halogens is 1. The molecule has 8 atom stereocenters. The summed E-state index contributed by atoms with van der Waals surface area (Å²) in [6.45, 7) is 1.39. The maximum Gasteiger partial charge on any atom is 0.326 e. The number of aromatic amines is 1. The molecular weight excluding hydrogens is 472 g/mol. The number of nitrogens with zero attached hydrogens (tertiary/aromatic N) is 1. The molecule has 7 unspecified atom stereocenters. The summed E-state index contributed by atoms with van der Waals surface area (Å²) in [5.41, 5.74) is 1.04. The molecule has 0 spiro atoms. The Hall–Kier alpha value is -2.10. The Kier molecular flexibility index (Phi) is 4.45. The van der Waals surface area contributed by atoms with Crippen molar-refractivity contribution in [2.75, 3.05) is 0 Å². The summed E-state index contributed by atoms with van der Waals surface area (Å²) in [6, 6.07) is 6.44. The molecule has 32 heavy (non-hydrogen) atoms. The first-order valence-corrected chi connectivity index (χ1v) is 12.6. The van der Waals surface area contributed by atoms with E-state index in [9.17, 15) is 24.3 Å². The fraction of sp³-hybridized carbons (Fsp3) is 0.455. The van der Waals surface area contributed by atoms with Crippen molar-refractivity contribution in [1.82, 2.24) is 9.88 Å². The van der Waals surface area contributed by atoms with Crippen molar-refractivity contribution in [2.24, 2.45) is 29.6 Å². The van der Waals surface area contributed by atoms with Crippen molar-refractivity contribution in [3.05, 3.63) is 49.4 Å². The van der Waals surface area contributed by atoms with Crippen molar-refractivity contribution < 1.29 is 19.5 Å². The number of benzene rings is 1. The molecule has 2 N–H and O–H groups in total. The van der Waals surface area contributed by atoms with Crippen molar-refractivity contribution in [3.63, 3.8) is 0 Å². The van der Waals surface area contributed by atoms with E-state index in [0.717, 1.165) is 26.8 Å². The van der Waals surface area contributed by atoms with Gasteiger partial charge in [-0.05, 0) is 48.8 Å². The van der Waals surface area contributed by atoms with E-state index in [2.05, 4.69) is 4.98 Å². The maximum atomic E-state index is 13.3. The number of nitrogens with one attached hydrogen (secondary N) is 1. The fourth-order valence-electron chi connectivity index (χ4n) is 6.58. The molecule has 1 aromatic carbocycles. The van der Waals surface area contributed by atoms with E-state index in [4.69, 9.17) is 11.6 Å². The fourth-order valence-corrected chi connectivity index (χ4v) is 9.59. The van der Waals surface area contributed by atoms with Gasteiger partial charge in [-0.3, -0.25) is 19.3 Å². The van der Waals surface area contributed by atoms with Crippen LogP contribution in [0.15, 0.2) is 34.1 Å². The number of carbonyl (C=O) groups excluding carboxylic acids is 2. The summed E-state index contributed by atoms with van der Waals surface area (Å²) in [6.07, 6.45) is 0.772. The number of rotatable bonds is 3. The Bertz CT molecular complexity index is 1220. The normalized spacial score (nSPS) is 35.6. The number of imide groups is 1. The molecule has 0 radical (unpaired) electrons. The number of H-pyrrole nitrogens is 1. The number of thioether (sulfide) groups is 1. The van der Waals surface area contributed by atoms with Crippen LogP contribution < -0.4 is 4.87 Å². The first kappa shape index (κ1) is 20.5. The van der Waals surface area contributed by atoms with Gasteiger partial charge in [0.2, 0.25) is 11.8 Å². The lowest BCUT2D eigenvalue weighted by Crippen LogP contribution is -2.44. The second-order valence-electron chi connectivity index (χ2n) is 9.07. The predicted molar refractivity (Wildman–Crippen MR) is 119 cm³/mol. The van der Waals surface area contributed by atoms with Crippen LogP contribution in [0.3, 0.4) is 0 Å². The number of likely N-dealkylation sites (tertiary alicyclic amines) is 1. The van der Waals surface area contributed by atoms with E-state index in [1.807, 2.05) is 24.3 Å².